The number of hydrogen-bond donors (Lipinski definition) is 1. The predicted octanol–water partition coefficient (Wildman–Crippen LogP) is 7.26. The highest BCUT2D eigenvalue weighted by Crippen LogP contribution is 2.57. The second-order valence-electron chi connectivity index (χ2n) is 15.4. The molecule has 2 atom stereocenters. The maximum atomic E-state index is 12.7. The van der Waals surface area contributed by atoms with E-state index in [1.165, 1.54) is 0 Å². The number of hydrogen-bond acceptors (Lipinski definition) is 7. The highest BCUT2D eigenvalue weighted by Gasteiger charge is 2.57. The molecule has 3 aromatic rings. The van der Waals surface area contributed by atoms with Crippen LogP contribution in [0.4, 0.5) is 16.4 Å². The molecule has 0 radical (unpaired) electrons. The molecule has 4 aliphatic rings. The highest BCUT2D eigenvalue weighted by atomic mass is 35.5. The molecule has 1 amide bonds. The number of likely N-dealkylation sites (tertiary alicyclic amines) is 1. The van der Waals surface area contributed by atoms with Gasteiger partial charge in [-0.2, -0.15) is 9.78 Å². The zero-order chi connectivity index (χ0) is 33.3. The zero-order valence-corrected chi connectivity index (χ0v) is 29.3. The van der Waals surface area contributed by atoms with Crippen molar-refractivity contribution in [3.05, 3.63) is 34.3 Å². The first-order chi connectivity index (χ1) is 22.4. The van der Waals surface area contributed by atoms with Gasteiger partial charge in [0.2, 0.25) is 0 Å². The fourth-order valence-electron chi connectivity index (χ4n) is 8.05. The average molecular weight is 663 g/mol. The number of aryl methyl sites for hydroxylation is 1. The fraction of sp³-hybridized carbons (Fsp3) is 0.657. The molecule has 5 heterocycles. The summed E-state index contributed by atoms with van der Waals surface area (Å²) in [5, 5.41) is 15.3. The third kappa shape index (κ3) is 5.46. The van der Waals surface area contributed by atoms with Gasteiger partial charge in [0.05, 0.1) is 27.8 Å². The lowest BCUT2D eigenvalue weighted by Gasteiger charge is -2.57. The Labute approximate surface area is 282 Å². The topological polar surface area (TPSA) is 94.0 Å². The molecule has 11 nitrogen and oxygen atoms in total. The van der Waals surface area contributed by atoms with Gasteiger partial charge in [-0.05, 0) is 84.8 Å². The highest BCUT2D eigenvalue weighted by molar-refractivity contribution is 6.36. The monoisotopic (exact) mass is 662 g/mol. The lowest BCUT2D eigenvalue weighted by molar-refractivity contribution is -0.0922. The number of ether oxygens (including phenoxy) is 2. The van der Waals surface area contributed by atoms with Crippen molar-refractivity contribution in [3.8, 4) is 11.1 Å². The molecule has 1 spiro atoms. The van der Waals surface area contributed by atoms with Gasteiger partial charge in [-0.15, -0.1) is 0 Å². The summed E-state index contributed by atoms with van der Waals surface area (Å²) in [5.74, 6) is 1.32. The van der Waals surface area contributed by atoms with E-state index in [1.54, 1.807) is 4.90 Å². The van der Waals surface area contributed by atoms with E-state index < -0.39 is 5.60 Å². The molecular weight excluding hydrogens is 616 g/mol. The molecule has 4 fully saturated rings. The Balaban J connectivity index is 1.31. The minimum Gasteiger partial charge on any atom is -0.444 e. The summed E-state index contributed by atoms with van der Waals surface area (Å²) in [6.45, 7) is 25.2. The quantitative estimate of drug-likeness (QED) is 0.287. The summed E-state index contributed by atoms with van der Waals surface area (Å²) in [7, 11) is 0. The number of carbonyl (C=O) groups excluding carboxylic acids is 1. The van der Waals surface area contributed by atoms with Gasteiger partial charge in [-0.25, -0.2) is 9.48 Å². The van der Waals surface area contributed by atoms with Crippen LogP contribution in [-0.2, 0) is 9.47 Å². The van der Waals surface area contributed by atoms with Crippen molar-refractivity contribution in [3.63, 3.8) is 0 Å². The number of anilines is 1. The molecule has 1 N–H and O–H groups in total. The van der Waals surface area contributed by atoms with E-state index in [0.717, 1.165) is 98.2 Å². The maximum Gasteiger partial charge on any atom is 0.410 e. The van der Waals surface area contributed by atoms with Crippen molar-refractivity contribution in [2.24, 2.45) is 5.41 Å². The number of amides is 1. The summed E-state index contributed by atoms with van der Waals surface area (Å²) < 4.78 is 15.7. The number of piperazine rings is 1. The number of carbonyl (C=O) groups is 1. The van der Waals surface area contributed by atoms with Crippen molar-refractivity contribution in [2.75, 3.05) is 44.2 Å². The number of benzene rings is 1. The van der Waals surface area contributed by atoms with E-state index in [-0.39, 0.29) is 29.3 Å². The van der Waals surface area contributed by atoms with Crippen LogP contribution in [0.1, 0.15) is 91.0 Å². The summed E-state index contributed by atoms with van der Waals surface area (Å²) in [4.78, 5) is 21.1. The Kier molecular flexibility index (Phi) is 8.00. The molecule has 1 unspecified atom stereocenters. The third-order valence-electron chi connectivity index (χ3n) is 10.7. The van der Waals surface area contributed by atoms with Crippen molar-refractivity contribution in [1.82, 2.24) is 29.8 Å². The van der Waals surface area contributed by atoms with E-state index in [1.807, 2.05) is 43.3 Å². The first kappa shape index (κ1) is 32.2. The molecular formula is C35H47ClN8O3. The number of nitrogens with zero attached hydrogens (tertiary/aromatic N) is 7. The molecule has 1 aromatic carbocycles. The predicted molar refractivity (Wildman–Crippen MR) is 183 cm³/mol. The number of nitrogens with one attached hydrogen (secondary N) is 1. The van der Waals surface area contributed by atoms with E-state index in [2.05, 4.69) is 35.0 Å². The molecule has 12 heteroatoms. The molecule has 1 saturated carbocycles. The maximum absolute atomic E-state index is 12.7. The third-order valence-corrected chi connectivity index (χ3v) is 11.2. The van der Waals surface area contributed by atoms with Gasteiger partial charge >= 0.3 is 6.09 Å². The lowest BCUT2D eigenvalue weighted by atomic mass is 9.61. The van der Waals surface area contributed by atoms with Crippen LogP contribution in [0.15, 0.2) is 12.3 Å². The van der Waals surface area contributed by atoms with Gasteiger partial charge in [0, 0.05) is 55.7 Å². The Morgan fingerprint density at radius 3 is 2.66 bits per heavy atom. The lowest BCUT2D eigenvalue weighted by Crippen LogP contribution is -2.64. The first-order valence-corrected chi connectivity index (χ1v) is 17.5. The molecule has 7 rings (SSSR count). The second-order valence-corrected chi connectivity index (χ2v) is 15.8. The first-order valence-electron chi connectivity index (χ1n) is 17.1. The van der Waals surface area contributed by atoms with Gasteiger partial charge in [-0.3, -0.25) is 0 Å². The Bertz CT molecular complexity index is 1730. The van der Waals surface area contributed by atoms with E-state index >= 15 is 0 Å². The van der Waals surface area contributed by atoms with Crippen LogP contribution in [-0.4, -0.2) is 81.0 Å². The van der Waals surface area contributed by atoms with E-state index in [9.17, 15) is 4.79 Å². The summed E-state index contributed by atoms with van der Waals surface area (Å²) >= 11 is 7.26. The average Bonchev–Trinajstić information content (AvgIpc) is 3.57. The van der Waals surface area contributed by atoms with Crippen LogP contribution in [0.2, 0.25) is 5.02 Å². The van der Waals surface area contributed by atoms with Crippen molar-refractivity contribution in [2.45, 2.75) is 103 Å². The Morgan fingerprint density at radius 1 is 1.23 bits per heavy atom. The van der Waals surface area contributed by atoms with Gasteiger partial charge in [0.1, 0.15) is 11.6 Å². The van der Waals surface area contributed by atoms with Crippen LogP contribution in [0.25, 0.3) is 26.9 Å². The van der Waals surface area contributed by atoms with Crippen LogP contribution in [0.3, 0.4) is 0 Å². The smallest absolute Gasteiger partial charge is 0.410 e. The fourth-order valence-corrected chi connectivity index (χ4v) is 8.30. The van der Waals surface area contributed by atoms with Crippen LogP contribution in [0, 0.1) is 18.9 Å². The molecule has 2 aromatic heterocycles. The number of fused-ring (bicyclic) bond motifs is 1. The summed E-state index contributed by atoms with van der Waals surface area (Å²) in [6.07, 6.45) is 7.21. The van der Waals surface area contributed by atoms with Gasteiger partial charge < -0.3 is 29.4 Å². The van der Waals surface area contributed by atoms with Crippen molar-refractivity contribution >= 4 is 40.2 Å². The van der Waals surface area contributed by atoms with Crippen molar-refractivity contribution < 1.29 is 14.3 Å². The molecule has 3 saturated heterocycles. The minimum atomic E-state index is -0.520. The van der Waals surface area contributed by atoms with Crippen LogP contribution < -0.4 is 10.2 Å². The van der Waals surface area contributed by atoms with E-state index in [4.69, 9.17) is 37.8 Å². The number of rotatable bonds is 5. The molecule has 0 bridgehead atoms. The molecule has 1 aliphatic carbocycles. The zero-order valence-electron chi connectivity index (χ0n) is 28.5. The van der Waals surface area contributed by atoms with Gasteiger partial charge in [0.25, 0.3) is 5.82 Å². The Hall–Kier alpha value is -3.33. The molecule has 3 aliphatic heterocycles. The van der Waals surface area contributed by atoms with Crippen LogP contribution in [0.5, 0.6) is 0 Å². The van der Waals surface area contributed by atoms with Gasteiger partial charge in [-0.1, -0.05) is 30.2 Å². The van der Waals surface area contributed by atoms with Crippen molar-refractivity contribution in [1.29, 1.82) is 0 Å². The van der Waals surface area contributed by atoms with Gasteiger partial charge in [0.15, 0.2) is 12.0 Å². The largest absolute Gasteiger partial charge is 0.444 e. The van der Waals surface area contributed by atoms with E-state index in [0.29, 0.717) is 23.9 Å². The minimum absolute atomic E-state index is 0.0372. The summed E-state index contributed by atoms with van der Waals surface area (Å²) in [5.41, 5.74) is 2.82. The number of halogens is 1. The molecule has 252 valence electrons. The second kappa shape index (κ2) is 11.7. The SMILES string of the molecule is [C-]#[N+]c1c(-c2c(Cl)c(C)cc3c2cnn3C2CCCCO2)c(N2CCNC[C@]2(C)CC)nn1C1CC2(C1)CN(C(=O)OC(C)(C)C)C2. The standard InChI is InChI=1S/C35H47ClN8O3/c1-8-34(6)19-38-12-13-42(34)31-28(27-24-18-39-44(26-11-9-10-14-46-26)25(24)15-22(2)29(27)36)30(37-7)43(40-31)23-16-35(17-23)20-41(21-35)32(45)47-33(3,4)5/h15,18,23,26,38H,8-14,16-17,19-21H2,1-6H3/t26?,34-/m0/s1. The molecule has 47 heavy (non-hydrogen) atoms. The summed E-state index contributed by atoms with van der Waals surface area (Å²) in [6, 6.07) is 2.15. The Morgan fingerprint density at radius 2 is 2.00 bits per heavy atom. The number of aromatic nitrogens is 4. The van der Waals surface area contributed by atoms with Crippen LogP contribution >= 0.6 is 11.6 Å². The normalized spacial score (nSPS) is 24.7.